The maximum atomic E-state index is 13.2. The van der Waals surface area contributed by atoms with Gasteiger partial charge in [0.05, 0.1) is 16.3 Å². The third-order valence-corrected chi connectivity index (χ3v) is 6.32. The Balaban J connectivity index is 1.57. The fourth-order valence-corrected chi connectivity index (χ4v) is 4.38. The zero-order valence-corrected chi connectivity index (χ0v) is 16.0. The van der Waals surface area contributed by atoms with Crippen LogP contribution in [0.2, 0.25) is 0 Å². The molecular formula is C19H18F2N2OS2. The SMILES string of the molecule is C[C@@H](c1nc2ccccc2s1)N(C)C(=O)CCSc1ccc(F)c(F)c1. The minimum Gasteiger partial charge on any atom is -0.337 e. The molecule has 7 heteroatoms. The molecule has 1 heterocycles. The highest BCUT2D eigenvalue weighted by molar-refractivity contribution is 7.99. The summed E-state index contributed by atoms with van der Waals surface area (Å²) in [6.07, 6.45) is 0.315. The second kappa shape index (κ2) is 8.14. The van der Waals surface area contributed by atoms with Gasteiger partial charge in [-0.25, -0.2) is 13.8 Å². The van der Waals surface area contributed by atoms with E-state index in [2.05, 4.69) is 4.98 Å². The number of thiazole rings is 1. The lowest BCUT2D eigenvalue weighted by Gasteiger charge is -2.23. The van der Waals surface area contributed by atoms with Crippen LogP contribution in [0, 0.1) is 11.6 Å². The van der Waals surface area contributed by atoms with E-state index in [9.17, 15) is 13.6 Å². The number of aromatic nitrogens is 1. The standard InChI is InChI=1S/C19H18F2N2OS2/c1-12(19-22-16-5-3-4-6-17(16)26-19)23(2)18(24)9-10-25-13-7-8-14(20)15(21)11-13/h3-8,11-12H,9-10H2,1-2H3/t12-/m0/s1. The summed E-state index contributed by atoms with van der Waals surface area (Å²) >= 11 is 2.92. The van der Waals surface area contributed by atoms with Crippen molar-refractivity contribution in [3.05, 3.63) is 59.1 Å². The van der Waals surface area contributed by atoms with E-state index in [1.54, 1.807) is 23.3 Å². The van der Waals surface area contributed by atoms with Gasteiger partial charge >= 0.3 is 0 Å². The average molecular weight is 392 g/mol. The summed E-state index contributed by atoms with van der Waals surface area (Å²) in [5, 5.41) is 0.898. The normalized spacial score (nSPS) is 12.3. The molecule has 0 saturated heterocycles. The summed E-state index contributed by atoms with van der Waals surface area (Å²) in [5.74, 6) is -1.24. The van der Waals surface area contributed by atoms with Gasteiger partial charge in [0.2, 0.25) is 5.91 Å². The molecule has 0 radical (unpaired) electrons. The summed E-state index contributed by atoms with van der Waals surface area (Å²) in [7, 11) is 1.77. The fraction of sp³-hybridized carbons (Fsp3) is 0.263. The second-order valence-corrected chi connectivity index (χ2v) is 8.11. The van der Waals surface area contributed by atoms with Gasteiger partial charge in [-0.2, -0.15) is 0 Å². The highest BCUT2D eigenvalue weighted by Gasteiger charge is 2.20. The molecule has 1 amide bonds. The number of carbonyl (C=O) groups is 1. The molecular weight excluding hydrogens is 374 g/mol. The fourth-order valence-electron chi connectivity index (χ4n) is 2.45. The Morgan fingerprint density at radius 3 is 2.73 bits per heavy atom. The second-order valence-electron chi connectivity index (χ2n) is 5.87. The summed E-state index contributed by atoms with van der Waals surface area (Å²) in [4.78, 5) is 19.3. The number of para-hydroxylation sites is 1. The molecule has 3 nitrogen and oxygen atoms in total. The van der Waals surface area contributed by atoms with Crippen LogP contribution < -0.4 is 0 Å². The predicted octanol–water partition coefficient (Wildman–Crippen LogP) is 5.28. The van der Waals surface area contributed by atoms with Crippen LogP contribution in [0.3, 0.4) is 0 Å². The van der Waals surface area contributed by atoms with E-state index >= 15 is 0 Å². The summed E-state index contributed by atoms with van der Waals surface area (Å²) in [6.45, 7) is 1.96. The van der Waals surface area contributed by atoms with Crippen molar-refractivity contribution in [2.24, 2.45) is 0 Å². The molecule has 0 aliphatic carbocycles. The van der Waals surface area contributed by atoms with E-state index < -0.39 is 11.6 Å². The number of hydrogen-bond donors (Lipinski definition) is 0. The van der Waals surface area contributed by atoms with Crippen LogP contribution in [0.4, 0.5) is 8.78 Å². The van der Waals surface area contributed by atoms with Crippen LogP contribution in [0.1, 0.15) is 24.4 Å². The van der Waals surface area contributed by atoms with Gasteiger partial charge in [0.1, 0.15) is 5.01 Å². The molecule has 1 aromatic heterocycles. The minimum absolute atomic E-state index is 0.00756. The van der Waals surface area contributed by atoms with Crippen molar-refractivity contribution in [2.75, 3.05) is 12.8 Å². The van der Waals surface area contributed by atoms with E-state index in [0.29, 0.717) is 17.1 Å². The molecule has 0 saturated carbocycles. The number of hydrogen-bond acceptors (Lipinski definition) is 4. The van der Waals surface area contributed by atoms with E-state index in [0.717, 1.165) is 27.4 Å². The number of fused-ring (bicyclic) bond motifs is 1. The lowest BCUT2D eigenvalue weighted by molar-refractivity contribution is -0.131. The molecule has 0 unspecified atom stereocenters. The first-order chi connectivity index (χ1) is 12.5. The number of rotatable bonds is 6. The van der Waals surface area contributed by atoms with Gasteiger partial charge < -0.3 is 4.90 Å². The quantitative estimate of drug-likeness (QED) is 0.536. The third kappa shape index (κ3) is 4.22. The van der Waals surface area contributed by atoms with Crippen LogP contribution in [0.15, 0.2) is 47.4 Å². The Bertz CT molecular complexity index is 896. The van der Waals surface area contributed by atoms with E-state index in [1.807, 2.05) is 31.2 Å². The van der Waals surface area contributed by atoms with E-state index in [1.165, 1.54) is 17.8 Å². The molecule has 0 bridgehead atoms. The number of thioether (sulfide) groups is 1. The Kier molecular flexibility index (Phi) is 5.88. The monoisotopic (exact) mass is 392 g/mol. The van der Waals surface area contributed by atoms with Crippen LogP contribution in [0.5, 0.6) is 0 Å². The Morgan fingerprint density at radius 2 is 2.00 bits per heavy atom. The zero-order chi connectivity index (χ0) is 18.7. The highest BCUT2D eigenvalue weighted by Crippen LogP contribution is 2.29. The van der Waals surface area contributed by atoms with Gasteiger partial charge in [0, 0.05) is 24.1 Å². The van der Waals surface area contributed by atoms with Gasteiger partial charge in [0.25, 0.3) is 0 Å². The maximum Gasteiger partial charge on any atom is 0.223 e. The molecule has 3 rings (SSSR count). The summed E-state index contributed by atoms with van der Waals surface area (Å²) in [6, 6.07) is 11.5. The lowest BCUT2D eigenvalue weighted by atomic mass is 10.3. The van der Waals surface area contributed by atoms with Crippen molar-refractivity contribution in [3.8, 4) is 0 Å². The van der Waals surface area contributed by atoms with Gasteiger partial charge in [-0.1, -0.05) is 12.1 Å². The van der Waals surface area contributed by atoms with Crippen molar-refractivity contribution >= 4 is 39.2 Å². The van der Waals surface area contributed by atoms with Crippen molar-refractivity contribution in [2.45, 2.75) is 24.3 Å². The number of benzene rings is 2. The van der Waals surface area contributed by atoms with Crippen molar-refractivity contribution in [1.29, 1.82) is 0 Å². The molecule has 136 valence electrons. The first kappa shape index (κ1) is 18.8. The van der Waals surface area contributed by atoms with Crippen molar-refractivity contribution < 1.29 is 13.6 Å². The number of amides is 1. The van der Waals surface area contributed by atoms with Crippen LogP contribution >= 0.6 is 23.1 Å². The summed E-state index contributed by atoms with van der Waals surface area (Å²) < 4.78 is 27.2. The molecule has 0 aliphatic rings. The Hall–Kier alpha value is -1.99. The van der Waals surface area contributed by atoms with Crippen molar-refractivity contribution in [1.82, 2.24) is 9.88 Å². The largest absolute Gasteiger partial charge is 0.337 e. The van der Waals surface area contributed by atoms with Gasteiger partial charge in [-0.05, 0) is 37.3 Å². The lowest BCUT2D eigenvalue weighted by Crippen LogP contribution is -2.29. The molecule has 0 fully saturated rings. The van der Waals surface area contributed by atoms with Crippen LogP contribution in [-0.2, 0) is 4.79 Å². The smallest absolute Gasteiger partial charge is 0.223 e. The minimum atomic E-state index is -0.872. The summed E-state index contributed by atoms with van der Waals surface area (Å²) in [5.41, 5.74) is 0.939. The third-order valence-electron chi connectivity index (χ3n) is 4.12. The Labute approximate surface area is 159 Å². The number of halogens is 2. The first-order valence-corrected chi connectivity index (χ1v) is 9.95. The maximum absolute atomic E-state index is 13.2. The van der Waals surface area contributed by atoms with Gasteiger partial charge in [-0.3, -0.25) is 4.79 Å². The number of carbonyl (C=O) groups excluding carboxylic acids is 1. The number of nitrogens with zero attached hydrogens (tertiary/aromatic N) is 2. The molecule has 0 aliphatic heterocycles. The van der Waals surface area contributed by atoms with Crippen LogP contribution in [-0.4, -0.2) is 28.6 Å². The molecule has 0 N–H and O–H groups in total. The van der Waals surface area contributed by atoms with E-state index in [4.69, 9.17) is 0 Å². The molecule has 2 aromatic carbocycles. The first-order valence-electron chi connectivity index (χ1n) is 8.14. The molecule has 26 heavy (non-hydrogen) atoms. The highest BCUT2D eigenvalue weighted by atomic mass is 32.2. The molecule has 1 atom stereocenters. The van der Waals surface area contributed by atoms with Crippen molar-refractivity contribution in [3.63, 3.8) is 0 Å². The zero-order valence-electron chi connectivity index (χ0n) is 14.4. The van der Waals surface area contributed by atoms with Gasteiger partial charge in [0.15, 0.2) is 11.6 Å². The van der Waals surface area contributed by atoms with E-state index in [-0.39, 0.29) is 11.9 Å². The molecule has 3 aromatic rings. The predicted molar refractivity (Wildman–Crippen MR) is 103 cm³/mol. The average Bonchev–Trinajstić information content (AvgIpc) is 3.07. The Morgan fingerprint density at radius 1 is 1.23 bits per heavy atom. The van der Waals surface area contributed by atoms with Gasteiger partial charge in [-0.15, -0.1) is 23.1 Å². The molecule has 0 spiro atoms. The topological polar surface area (TPSA) is 33.2 Å². The van der Waals surface area contributed by atoms with Crippen LogP contribution in [0.25, 0.3) is 10.2 Å².